The monoisotopic (exact) mass is 423 g/mol. The first-order valence-electron chi connectivity index (χ1n) is 10.4. The summed E-state index contributed by atoms with van der Waals surface area (Å²) in [6.45, 7) is 7.09. The number of hydrogen-bond donors (Lipinski definition) is 2. The average Bonchev–Trinajstić information content (AvgIpc) is 2.68. The van der Waals surface area contributed by atoms with Crippen molar-refractivity contribution in [3.63, 3.8) is 0 Å². The molecule has 0 spiro atoms. The highest BCUT2D eigenvalue weighted by atomic mass is 16.7. The molecular weight excluding hydrogens is 390 g/mol. The maximum absolute atomic E-state index is 11.9. The lowest BCUT2D eigenvalue weighted by molar-refractivity contribution is -0.162. The van der Waals surface area contributed by atoms with Crippen molar-refractivity contribution in [3.8, 4) is 5.75 Å². The first-order chi connectivity index (χ1) is 14.2. The number of aliphatic carboxylic acids is 1. The minimum Gasteiger partial charge on any atom is -0.494 e. The molecule has 1 saturated heterocycles. The second-order valence-electron chi connectivity index (χ2n) is 8.21. The Bertz CT molecular complexity index is 663. The third-order valence-electron chi connectivity index (χ3n) is 4.37. The van der Waals surface area contributed by atoms with E-state index in [1.165, 1.54) is 0 Å². The molecule has 2 atom stereocenters. The normalized spacial score (nSPS) is 17.8. The number of rotatable bonds is 10. The highest BCUT2D eigenvalue weighted by Crippen LogP contribution is 2.20. The van der Waals surface area contributed by atoms with Crippen LogP contribution in [-0.2, 0) is 19.0 Å². The molecule has 1 fully saturated rings. The predicted molar refractivity (Wildman–Crippen MR) is 110 cm³/mol. The fraction of sp³-hybridized carbons (Fsp3) is 0.636. The smallest absolute Gasteiger partial charge is 0.408 e. The van der Waals surface area contributed by atoms with Crippen LogP contribution in [0, 0.1) is 0 Å². The van der Waals surface area contributed by atoms with E-state index < -0.39 is 23.7 Å². The second kappa shape index (κ2) is 11.8. The van der Waals surface area contributed by atoms with E-state index in [9.17, 15) is 14.7 Å². The number of carboxylic acid groups (broad SMARTS) is 1. The first kappa shape index (κ1) is 24.0. The van der Waals surface area contributed by atoms with E-state index >= 15 is 0 Å². The molecule has 1 unspecified atom stereocenters. The van der Waals surface area contributed by atoms with Crippen molar-refractivity contribution in [2.45, 2.75) is 70.8 Å². The molecule has 1 aliphatic heterocycles. The molecule has 0 saturated carbocycles. The molecule has 0 radical (unpaired) electrons. The molecule has 2 rings (SSSR count). The van der Waals surface area contributed by atoms with Crippen LogP contribution in [0.1, 0.15) is 64.5 Å². The SMILES string of the molecule is CC(C)(C)OC(=O)NC(C(=O)O)c1ccc(OCCCCO[C@@H]2CCCCO2)cc1. The zero-order valence-electron chi connectivity index (χ0n) is 18.0. The largest absolute Gasteiger partial charge is 0.494 e. The van der Waals surface area contributed by atoms with Gasteiger partial charge in [0.2, 0.25) is 0 Å². The standard InChI is InChI=1S/C22H33NO7/c1-22(2,3)30-21(26)23-19(20(24)25)16-9-11-17(12-10-16)27-13-6-7-15-29-18-8-4-5-14-28-18/h9-12,18-19H,4-8,13-15H2,1-3H3,(H,23,26)(H,24,25)/t18-,19?/m1/s1. The fourth-order valence-corrected chi connectivity index (χ4v) is 2.92. The van der Waals surface area contributed by atoms with Gasteiger partial charge in [0, 0.05) is 13.2 Å². The van der Waals surface area contributed by atoms with Crippen LogP contribution in [0.25, 0.3) is 0 Å². The van der Waals surface area contributed by atoms with Gasteiger partial charge < -0.3 is 29.4 Å². The van der Waals surface area contributed by atoms with Crippen molar-refractivity contribution < 1.29 is 33.6 Å². The lowest BCUT2D eigenvalue weighted by atomic mass is 10.1. The van der Waals surface area contributed by atoms with E-state index in [1.54, 1.807) is 45.0 Å². The van der Waals surface area contributed by atoms with Gasteiger partial charge in [0.05, 0.1) is 6.61 Å². The van der Waals surface area contributed by atoms with Gasteiger partial charge in [-0.3, -0.25) is 0 Å². The van der Waals surface area contributed by atoms with Crippen LogP contribution in [0.4, 0.5) is 4.79 Å². The Balaban J connectivity index is 1.72. The van der Waals surface area contributed by atoms with Crippen molar-refractivity contribution >= 4 is 12.1 Å². The van der Waals surface area contributed by atoms with Gasteiger partial charge in [-0.1, -0.05) is 12.1 Å². The Morgan fingerprint density at radius 1 is 1.17 bits per heavy atom. The van der Waals surface area contributed by atoms with Gasteiger partial charge in [0.25, 0.3) is 0 Å². The van der Waals surface area contributed by atoms with E-state index in [0.717, 1.165) is 38.7 Å². The quantitative estimate of drug-likeness (QED) is 0.547. The maximum Gasteiger partial charge on any atom is 0.408 e. The number of alkyl carbamates (subject to hydrolysis) is 1. The number of nitrogens with one attached hydrogen (secondary N) is 1. The summed E-state index contributed by atoms with van der Waals surface area (Å²) in [5.41, 5.74) is -0.277. The van der Waals surface area contributed by atoms with Crippen molar-refractivity contribution in [1.29, 1.82) is 0 Å². The van der Waals surface area contributed by atoms with Crippen molar-refractivity contribution in [2.75, 3.05) is 19.8 Å². The van der Waals surface area contributed by atoms with Gasteiger partial charge in [-0.05, 0) is 70.6 Å². The number of amides is 1. The molecular formula is C22H33NO7. The third kappa shape index (κ3) is 9.00. The minimum absolute atomic E-state index is 0.0660. The molecule has 2 N–H and O–H groups in total. The molecule has 30 heavy (non-hydrogen) atoms. The van der Waals surface area contributed by atoms with Crippen LogP contribution in [0.5, 0.6) is 5.75 Å². The summed E-state index contributed by atoms with van der Waals surface area (Å²) >= 11 is 0. The van der Waals surface area contributed by atoms with Gasteiger partial charge in [0.15, 0.2) is 12.3 Å². The second-order valence-corrected chi connectivity index (χ2v) is 8.21. The van der Waals surface area contributed by atoms with E-state index in [0.29, 0.717) is 24.5 Å². The Hall–Kier alpha value is -2.32. The summed E-state index contributed by atoms with van der Waals surface area (Å²) in [6, 6.07) is 5.42. The van der Waals surface area contributed by atoms with Gasteiger partial charge >= 0.3 is 12.1 Å². The predicted octanol–water partition coefficient (Wildman–Crippen LogP) is 4.04. The van der Waals surface area contributed by atoms with E-state index in [1.807, 2.05) is 0 Å². The topological polar surface area (TPSA) is 103 Å². The average molecular weight is 424 g/mol. The molecule has 1 amide bonds. The van der Waals surface area contributed by atoms with Crippen LogP contribution in [0.3, 0.4) is 0 Å². The van der Waals surface area contributed by atoms with Gasteiger partial charge in [0.1, 0.15) is 11.4 Å². The summed E-state index contributed by atoms with van der Waals surface area (Å²) in [4.78, 5) is 23.5. The summed E-state index contributed by atoms with van der Waals surface area (Å²) in [5, 5.41) is 11.8. The number of carbonyl (C=O) groups excluding carboxylic acids is 1. The molecule has 1 heterocycles. The first-order valence-corrected chi connectivity index (χ1v) is 10.4. The molecule has 1 aromatic carbocycles. The number of unbranched alkanes of at least 4 members (excludes halogenated alkanes) is 1. The Labute approximate surface area is 177 Å². The van der Waals surface area contributed by atoms with Crippen molar-refractivity contribution in [1.82, 2.24) is 5.32 Å². The van der Waals surface area contributed by atoms with Crippen LogP contribution < -0.4 is 10.1 Å². The Morgan fingerprint density at radius 2 is 1.87 bits per heavy atom. The van der Waals surface area contributed by atoms with Gasteiger partial charge in [-0.2, -0.15) is 0 Å². The van der Waals surface area contributed by atoms with Crippen LogP contribution in [-0.4, -0.2) is 48.9 Å². The summed E-state index contributed by atoms with van der Waals surface area (Å²) in [6.07, 6.45) is 4.09. The summed E-state index contributed by atoms with van der Waals surface area (Å²) < 4.78 is 22.0. The van der Waals surface area contributed by atoms with Gasteiger partial charge in [-0.15, -0.1) is 0 Å². The third-order valence-corrected chi connectivity index (χ3v) is 4.37. The number of ether oxygens (including phenoxy) is 4. The number of benzene rings is 1. The van der Waals surface area contributed by atoms with E-state index in [4.69, 9.17) is 18.9 Å². The summed E-state index contributed by atoms with van der Waals surface area (Å²) in [7, 11) is 0. The molecule has 0 aliphatic carbocycles. The molecule has 0 aromatic heterocycles. The molecule has 8 heteroatoms. The summed E-state index contributed by atoms with van der Waals surface area (Å²) in [5.74, 6) is -0.534. The molecule has 1 aromatic rings. The van der Waals surface area contributed by atoms with Crippen LogP contribution in [0.2, 0.25) is 0 Å². The number of carboxylic acids is 1. The Morgan fingerprint density at radius 3 is 2.47 bits per heavy atom. The van der Waals surface area contributed by atoms with Crippen LogP contribution in [0.15, 0.2) is 24.3 Å². The lowest BCUT2D eigenvalue weighted by Gasteiger charge is -2.22. The van der Waals surface area contributed by atoms with Crippen molar-refractivity contribution in [2.24, 2.45) is 0 Å². The van der Waals surface area contributed by atoms with Crippen LogP contribution >= 0.6 is 0 Å². The van der Waals surface area contributed by atoms with Gasteiger partial charge in [-0.25, -0.2) is 9.59 Å². The lowest BCUT2D eigenvalue weighted by Crippen LogP contribution is -2.38. The molecule has 168 valence electrons. The van der Waals surface area contributed by atoms with Crippen molar-refractivity contribution in [3.05, 3.63) is 29.8 Å². The minimum atomic E-state index is -1.20. The fourth-order valence-electron chi connectivity index (χ4n) is 2.92. The number of carbonyl (C=O) groups is 2. The maximum atomic E-state index is 11.9. The Kier molecular flexibility index (Phi) is 9.39. The number of hydrogen-bond acceptors (Lipinski definition) is 6. The zero-order chi connectivity index (χ0) is 22.0. The zero-order valence-corrected chi connectivity index (χ0v) is 18.0. The molecule has 1 aliphatic rings. The molecule has 8 nitrogen and oxygen atoms in total. The highest BCUT2D eigenvalue weighted by Gasteiger charge is 2.25. The molecule has 0 bridgehead atoms. The van der Waals surface area contributed by atoms with E-state index in [-0.39, 0.29) is 6.29 Å². The van der Waals surface area contributed by atoms with E-state index in [2.05, 4.69) is 5.32 Å². The highest BCUT2D eigenvalue weighted by molar-refractivity contribution is 5.81.